The van der Waals surface area contributed by atoms with Crippen LogP contribution in [0.3, 0.4) is 0 Å². The maximum absolute atomic E-state index is 13.5. The van der Waals surface area contributed by atoms with Crippen LogP contribution in [-0.4, -0.2) is 123 Å². The van der Waals surface area contributed by atoms with E-state index < -0.39 is 58.8 Å². The quantitative estimate of drug-likeness (QED) is 0.402. The van der Waals surface area contributed by atoms with Crippen molar-refractivity contribution in [2.24, 2.45) is 34.5 Å². The molecule has 7 bridgehead atoms. The number of hydrogen-bond donors (Lipinski definition) is 3. The average molecular weight is 574 g/mol. The van der Waals surface area contributed by atoms with Gasteiger partial charge in [-0.05, 0) is 44.4 Å². The van der Waals surface area contributed by atoms with E-state index in [2.05, 4.69) is 11.9 Å². The number of likely N-dealkylation sites (tertiary alicyclic amines) is 1. The van der Waals surface area contributed by atoms with Crippen LogP contribution in [0.1, 0.15) is 29.6 Å². The molecule has 1 aliphatic heterocycles. The van der Waals surface area contributed by atoms with Crippen LogP contribution in [0.15, 0.2) is 30.3 Å². The second kappa shape index (κ2) is 9.19. The van der Waals surface area contributed by atoms with E-state index >= 15 is 0 Å². The molecule has 10 nitrogen and oxygen atoms in total. The summed E-state index contributed by atoms with van der Waals surface area (Å²) < 4.78 is 30.6. The van der Waals surface area contributed by atoms with Gasteiger partial charge in [0.15, 0.2) is 0 Å². The van der Waals surface area contributed by atoms with Crippen molar-refractivity contribution < 1.29 is 43.8 Å². The number of hydrogen-bond acceptors (Lipinski definition) is 10. The van der Waals surface area contributed by atoms with Crippen molar-refractivity contribution in [3.05, 3.63) is 35.9 Å². The second-order valence-electron chi connectivity index (χ2n) is 13.6. The van der Waals surface area contributed by atoms with E-state index in [9.17, 15) is 20.1 Å². The molecule has 3 N–H and O–H groups in total. The molecule has 0 aromatic heterocycles. The molecule has 0 amide bonds. The van der Waals surface area contributed by atoms with Crippen molar-refractivity contribution >= 4 is 5.97 Å². The number of benzene rings is 1. The van der Waals surface area contributed by atoms with Gasteiger partial charge in [0, 0.05) is 69.6 Å². The van der Waals surface area contributed by atoms with Gasteiger partial charge in [0.1, 0.15) is 29.5 Å². The molecule has 10 heteroatoms. The summed E-state index contributed by atoms with van der Waals surface area (Å²) in [5, 5.41) is 37.6. The number of methoxy groups -OCH3 is 4. The molecule has 1 aromatic rings. The molecule has 14 atom stereocenters. The standard InChI is InChI=1S/C31H43NO9/c1-32-14-28(15-37-2)12-11-18(38-3)30-17-13-29(35)25(41-27(34)16-9-7-6-8-10-16)19(17)31(36,24(33)26(29)40-5)20(23(30)32)21(39-4)22(28)30/h6-10,17-26,33,35-36H,11-15H2,1-5H3/t17-,18+,19-,20-,21+,22-,23?,24+,25-,26+,28+,29-,30+,31-/m1/s1. The van der Waals surface area contributed by atoms with Gasteiger partial charge in [-0.15, -0.1) is 0 Å². The number of carbonyl (C=O) groups excluding carboxylic acids is 1. The summed E-state index contributed by atoms with van der Waals surface area (Å²) in [5.41, 5.74) is -3.95. The van der Waals surface area contributed by atoms with Gasteiger partial charge in [0.2, 0.25) is 0 Å². The highest BCUT2D eigenvalue weighted by atomic mass is 16.6. The first-order valence-corrected chi connectivity index (χ1v) is 14.8. The summed E-state index contributed by atoms with van der Waals surface area (Å²) in [6, 6.07) is 8.46. The predicted octanol–water partition coefficient (Wildman–Crippen LogP) is 0.716. The first-order valence-electron chi connectivity index (χ1n) is 14.8. The highest BCUT2D eigenvalue weighted by molar-refractivity contribution is 5.89. The van der Waals surface area contributed by atoms with Crippen molar-refractivity contribution in [2.75, 3.05) is 48.6 Å². The lowest BCUT2D eigenvalue weighted by molar-refractivity contribution is -0.313. The van der Waals surface area contributed by atoms with Crippen LogP contribution < -0.4 is 0 Å². The molecule has 5 saturated carbocycles. The van der Waals surface area contributed by atoms with E-state index in [1.54, 1.807) is 45.6 Å². The molecule has 41 heavy (non-hydrogen) atoms. The van der Waals surface area contributed by atoms with E-state index in [0.29, 0.717) is 12.2 Å². The van der Waals surface area contributed by atoms with E-state index in [4.69, 9.17) is 23.7 Å². The van der Waals surface area contributed by atoms with E-state index in [1.807, 2.05) is 6.07 Å². The Bertz CT molecular complexity index is 1200. The number of aliphatic hydroxyl groups excluding tert-OH is 1. The number of nitrogens with zero attached hydrogens (tertiary/aromatic N) is 1. The Kier molecular flexibility index (Phi) is 6.31. The maximum atomic E-state index is 13.5. The summed E-state index contributed by atoms with van der Waals surface area (Å²) in [6.07, 6.45) is -2.45. The zero-order valence-corrected chi connectivity index (χ0v) is 24.4. The normalized spacial score (nSPS) is 52.9. The number of aliphatic hydroxyl groups is 3. The van der Waals surface area contributed by atoms with E-state index in [0.717, 1.165) is 19.4 Å². The third-order valence-electron chi connectivity index (χ3n) is 12.5. The van der Waals surface area contributed by atoms with Gasteiger partial charge in [0.25, 0.3) is 0 Å². The summed E-state index contributed by atoms with van der Waals surface area (Å²) in [7, 11) is 8.65. The van der Waals surface area contributed by atoms with Crippen LogP contribution in [0.25, 0.3) is 0 Å². The number of esters is 1. The first-order chi connectivity index (χ1) is 19.6. The predicted molar refractivity (Wildman–Crippen MR) is 145 cm³/mol. The van der Waals surface area contributed by atoms with Gasteiger partial charge < -0.3 is 43.9 Å². The molecule has 5 aliphatic carbocycles. The fourth-order valence-corrected chi connectivity index (χ4v) is 11.8. The average Bonchev–Trinajstić information content (AvgIpc) is 3.36. The summed E-state index contributed by atoms with van der Waals surface area (Å²) in [5.74, 6) is -2.30. The van der Waals surface area contributed by atoms with Gasteiger partial charge in [-0.2, -0.15) is 0 Å². The Hall–Kier alpha value is -1.63. The fraction of sp³-hybridized carbons (Fsp3) is 0.774. The highest BCUT2D eigenvalue weighted by Crippen LogP contribution is 2.80. The molecule has 1 heterocycles. The lowest BCUT2D eigenvalue weighted by atomic mass is 9.43. The van der Waals surface area contributed by atoms with Crippen molar-refractivity contribution in [1.29, 1.82) is 0 Å². The molecule has 1 spiro atoms. The molecular weight excluding hydrogens is 530 g/mol. The molecule has 1 aromatic carbocycles. The maximum Gasteiger partial charge on any atom is 0.338 e. The van der Waals surface area contributed by atoms with Gasteiger partial charge in [0.05, 0.1) is 24.4 Å². The minimum atomic E-state index is -1.76. The van der Waals surface area contributed by atoms with Crippen LogP contribution in [-0.2, 0) is 23.7 Å². The smallest absolute Gasteiger partial charge is 0.338 e. The summed E-state index contributed by atoms with van der Waals surface area (Å²) in [4.78, 5) is 15.8. The number of rotatable bonds is 7. The zero-order chi connectivity index (χ0) is 29.1. The van der Waals surface area contributed by atoms with Crippen LogP contribution in [0.5, 0.6) is 0 Å². The van der Waals surface area contributed by atoms with Crippen molar-refractivity contribution in [3.8, 4) is 0 Å². The molecule has 1 saturated heterocycles. The number of ether oxygens (including phenoxy) is 5. The SMILES string of the molecule is COC[C@@]12CC[C@H](OC)[C@]34C([C@@H]([C@H](OC)[C@H]13)[C@]1(O)[C@H]3[C@@H](OC(=O)c5ccccc5)[C@](O)(C[C@H]34)[C@@H](OC)[C@@H]1O)N(C)C2. The molecule has 0 radical (unpaired) electrons. The van der Waals surface area contributed by atoms with Crippen LogP contribution in [0, 0.1) is 34.5 Å². The van der Waals surface area contributed by atoms with Crippen LogP contribution in [0.2, 0.25) is 0 Å². The Labute approximate surface area is 240 Å². The Morgan fingerprint density at radius 2 is 1.76 bits per heavy atom. The lowest BCUT2D eigenvalue weighted by Gasteiger charge is -2.69. The van der Waals surface area contributed by atoms with Crippen molar-refractivity contribution in [1.82, 2.24) is 4.90 Å². The summed E-state index contributed by atoms with van der Waals surface area (Å²) >= 11 is 0. The van der Waals surface area contributed by atoms with Crippen molar-refractivity contribution in [2.45, 2.75) is 67.0 Å². The monoisotopic (exact) mass is 573 g/mol. The molecule has 7 rings (SSSR count). The van der Waals surface area contributed by atoms with E-state index in [-0.39, 0.29) is 35.8 Å². The topological polar surface area (TPSA) is 127 Å². The van der Waals surface area contributed by atoms with Crippen molar-refractivity contribution in [3.63, 3.8) is 0 Å². The molecule has 226 valence electrons. The third kappa shape index (κ3) is 3.08. The minimum absolute atomic E-state index is 0.0644. The molecule has 6 aliphatic rings. The largest absolute Gasteiger partial charge is 0.455 e. The zero-order valence-electron chi connectivity index (χ0n) is 24.4. The first kappa shape index (κ1) is 28.2. The second-order valence-corrected chi connectivity index (χ2v) is 13.6. The Balaban J connectivity index is 1.46. The molecular formula is C31H43NO9. The van der Waals surface area contributed by atoms with Gasteiger partial charge in [-0.1, -0.05) is 18.2 Å². The van der Waals surface area contributed by atoms with Crippen LogP contribution in [0.4, 0.5) is 0 Å². The highest BCUT2D eigenvalue weighted by Gasteiger charge is 2.90. The summed E-state index contributed by atoms with van der Waals surface area (Å²) in [6.45, 7) is 1.29. The minimum Gasteiger partial charge on any atom is -0.455 e. The van der Waals surface area contributed by atoms with Gasteiger partial charge in [-0.25, -0.2) is 4.79 Å². The van der Waals surface area contributed by atoms with E-state index in [1.165, 1.54) is 7.11 Å². The van der Waals surface area contributed by atoms with Crippen LogP contribution >= 0.6 is 0 Å². The number of piperidine rings is 1. The van der Waals surface area contributed by atoms with Gasteiger partial charge >= 0.3 is 5.97 Å². The Morgan fingerprint density at radius 1 is 1.02 bits per heavy atom. The lowest BCUT2D eigenvalue weighted by Crippen LogP contribution is -2.79. The fourth-order valence-electron chi connectivity index (χ4n) is 11.8. The third-order valence-corrected chi connectivity index (χ3v) is 12.5. The molecule has 6 fully saturated rings. The number of fused-ring (bicyclic) bond motifs is 2. The van der Waals surface area contributed by atoms with Gasteiger partial charge in [-0.3, -0.25) is 0 Å². The Morgan fingerprint density at radius 3 is 2.39 bits per heavy atom. The number of carbonyl (C=O) groups is 1. The molecule has 1 unspecified atom stereocenters.